The van der Waals surface area contributed by atoms with Crippen molar-refractivity contribution < 1.29 is 29.0 Å². The van der Waals surface area contributed by atoms with Crippen LogP contribution in [-0.2, 0) is 19.1 Å². The number of amides is 2. The van der Waals surface area contributed by atoms with Gasteiger partial charge in [0.15, 0.2) is 0 Å². The number of nitrogens with zero attached hydrogens (tertiary/aromatic N) is 1. The van der Waals surface area contributed by atoms with E-state index in [0.717, 1.165) is 22.3 Å². The quantitative estimate of drug-likeness (QED) is 0.599. The number of nitrogens with one attached hydrogen (secondary N) is 1. The summed E-state index contributed by atoms with van der Waals surface area (Å²) in [6.07, 6.45) is -0.674. The Kier molecular flexibility index (Phi) is 7.40. The smallest absolute Gasteiger partial charge is 0.407 e. The third kappa shape index (κ3) is 4.89. The molecular weight excluding hydrogens is 448 g/mol. The Hall–Kier alpha value is -3.39. The van der Waals surface area contributed by atoms with E-state index in [9.17, 15) is 19.5 Å². The molecule has 1 fully saturated rings. The minimum Gasteiger partial charge on any atom is -0.481 e. The van der Waals surface area contributed by atoms with E-state index >= 15 is 0 Å². The average molecular weight is 481 g/mol. The number of hydrogen-bond donors (Lipinski definition) is 2. The molecule has 3 atom stereocenters. The van der Waals surface area contributed by atoms with Crippen LogP contribution < -0.4 is 5.32 Å². The van der Waals surface area contributed by atoms with Crippen LogP contribution in [0.5, 0.6) is 0 Å². The molecular formula is C27H32N2O6. The summed E-state index contributed by atoms with van der Waals surface area (Å²) in [6, 6.07) is 14.7. The number of carbonyl (C=O) groups excluding carboxylic acids is 2. The Morgan fingerprint density at radius 3 is 2.20 bits per heavy atom. The molecule has 1 heterocycles. The summed E-state index contributed by atoms with van der Waals surface area (Å²) in [4.78, 5) is 39.3. The van der Waals surface area contributed by atoms with Crippen LogP contribution in [-0.4, -0.2) is 66.4 Å². The molecule has 4 rings (SSSR count). The first kappa shape index (κ1) is 24.7. The molecule has 35 heavy (non-hydrogen) atoms. The zero-order valence-corrected chi connectivity index (χ0v) is 20.3. The lowest BCUT2D eigenvalue weighted by Gasteiger charge is -2.34. The fourth-order valence-electron chi connectivity index (χ4n) is 5.10. The van der Waals surface area contributed by atoms with Gasteiger partial charge in [-0.05, 0) is 35.1 Å². The van der Waals surface area contributed by atoms with Gasteiger partial charge < -0.3 is 24.8 Å². The van der Waals surface area contributed by atoms with Crippen molar-refractivity contribution in [2.24, 2.45) is 11.8 Å². The van der Waals surface area contributed by atoms with E-state index in [1.54, 1.807) is 6.92 Å². The van der Waals surface area contributed by atoms with Crippen LogP contribution in [0.4, 0.5) is 4.79 Å². The van der Waals surface area contributed by atoms with Crippen molar-refractivity contribution in [3.63, 3.8) is 0 Å². The highest BCUT2D eigenvalue weighted by atomic mass is 16.5. The third-order valence-electron chi connectivity index (χ3n) is 6.94. The molecule has 2 N–H and O–H groups in total. The fourth-order valence-corrected chi connectivity index (χ4v) is 5.10. The van der Waals surface area contributed by atoms with Crippen molar-refractivity contribution in [3.05, 3.63) is 59.7 Å². The number of hydrogen-bond acceptors (Lipinski definition) is 5. The fraction of sp³-hybridized carbons (Fsp3) is 0.444. The van der Waals surface area contributed by atoms with Gasteiger partial charge in [0.2, 0.25) is 5.91 Å². The number of ether oxygens (including phenoxy) is 2. The zero-order chi connectivity index (χ0) is 25.1. The maximum Gasteiger partial charge on any atom is 0.407 e. The van der Waals surface area contributed by atoms with Crippen molar-refractivity contribution in [3.8, 4) is 11.1 Å². The third-order valence-corrected chi connectivity index (χ3v) is 6.94. The maximum absolute atomic E-state index is 13.4. The number of carbonyl (C=O) groups is 3. The second-order valence-corrected chi connectivity index (χ2v) is 9.37. The molecule has 2 amide bonds. The molecule has 8 nitrogen and oxygen atoms in total. The van der Waals surface area contributed by atoms with Gasteiger partial charge in [0, 0.05) is 12.5 Å². The molecule has 2 aromatic carbocycles. The Morgan fingerprint density at radius 1 is 1.06 bits per heavy atom. The lowest BCUT2D eigenvalue weighted by molar-refractivity contribution is -0.145. The van der Waals surface area contributed by atoms with Crippen LogP contribution in [0.15, 0.2) is 48.5 Å². The van der Waals surface area contributed by atoms with Gasteiger partial charge in [0.1, 0.15) is 18.6 Å². The highest BCUT2D eigenvalue weighted by molar-refractivity contribution is 5.87. The van der Waals surface area contributed by atoms with Gasteiger partial charge >= 0.3 is 12.1 Å². The second-order valence-electron chi connectivity index (χ2n) is 9.37. The molecule has 8 heteroatoms. The van der Waals surface area contributed by atoms with E-state index in [-0.39, 0.29) is 37.6 Å². The molecule has 1 saturated heterocycles. The molecule has 0 aromatic heterocycles. The van der Waals surface area contributed by atoms with E-state index in [1.165, 1.54) is 4.90 Å². The first-order chi connectivity index (χ1) is 16.8. The van der Waals surface area contributed by atoms with E-state index in [1.807, 2.05) is 50.2 Å². The van der Waals surface area contributed by atoms with E-state index in [4.69, 9.17) is 9.47 Å². The number of carboxylic acids is 1. The van der Waals surface area contributed by atoms with Crippen LogP contribution >= 0.6 is 0 Å². The van der Waals surface area contributed by atoms with Crippen molar-refractivity contribution in [1.29, 1.82) is 0 Å². The number of benzene rings is 2. The maximum atomic E-state index is 13.4. The molecule has 2 aromatic rings. The summed E-state index contributed by atoms with van der Waals surface area (Å²) >= 11 is 0. The number of likely N-dealkylation sites (N-methyl/N-ethyl adjacent to an activating group) is 1. The zero-order valence-electron chi connectivity index (χ0n) is 20.3. The molecule has 186 valence electrons. The minimum absolute atomic E-state index is 0.0654. The average Bonchev–Trinajstić information content (AvgIpc) is 3.45. The largest absolute Gasteiger partial charge is 0.481 e. The highest BCUT2D eigenvalue weighted by Crippen LogP contribution is 2.44. The molecule has 0 radical (unpaired) electrons. The lowest BCUT2D eigenvalue weighted by Crippen LogP contribution is -2.56. The second kappa shape index (κ2) is 10.5. The predicted octanol–water partition coefficient (Wildman–Crippen LogP) is 3.50. The number of fused-ring (bicyclic) bond motifs is 3. The van der Waals surface area contributed by atoms with Gasteiger partial charge in [-0.1, -0.05) is 62.4 Å². The predicted molar refractivity (Wildman–Crippen MR) is 130 cm³/mol. The Labute approximate surface area is 205 Å². The Bertz CT molecular complexity index is 1060. The van der Waals surface area contributed by atoms with Crippen LogP contribution in [0, 0.1) is 11.8 Å². The van der Waals surface area contributed by atoms with Crippen LogP contribution in [0.25, 0.3) is 11.1 Å². The topological polar surface area (TPSA) is 105 Å². The van der Waals surface area contributed by atoms with Crippen molar-refractivity contribution in [2.75, 3.05) is 26.4 Å². The number of rotatable bonds is 8. The van der Waals surface area contributed by atoms with Gasteiger partial charge in [-0.15, -0.1) is 0 Å². The highest BCUT2D eigenvalue weighted by Gasteiger charge is 2.42. The summed E-state index contributed by atoms with van der Waals surface area (Å²) in [6.45, 7) is 6.14. The molecule has 2 aliphatic rings. The number of aliphatic carboxylic acids is 1. The normalized spacial score (nSPS) is 19.7. The molecule has 1 aliphatic carbocycles. The molecule has 0 spiro atoms. The van der Waals surface area contributed by atoms with E-state index in [2.05, 4.69) is 17.4 Å². The van der Waals surface area contributed by atoms with Crippen LogP contribution in [0.3, 0.4) is 0 Å². The Morgan fingerprint density at radius 2 is 1.66 bits per heavy atom. The van der Waals surface area contributed by atoms with Crippen molar-refractivity contribution in [1.82, 2.24) is 10.2 Å². The van der Waals surface area contributed by atoms with Crippen molar-refractivity contribution in [2.45, 2.75) is 38.8 Å². The van der Waals surface area contributed by atoms with Gasteiger partial charge in [0.25, 0.3) is 0 Å². The standard InChI is InChI=1S/C27H32N2O6/c1-4-29(23-15-34-13-22(23)26(31)32)25(30)24(16(2)3)28-27(33)35-14-21-19-11-7-5-9-17(19)18-10-6-8-12-20(18)21/h5-12,16,21-24H,4,13-15H2,1-3H3,(H,28,33)(H,31,32)/t22?,23?,24-/m1/s1. The first-order valence-electron chi connectivity index (χ1n) is 12.1. The molecule has 0 saturated carbocycles. The Balaban J connectivity index is 1.44. The van der Waals surface area contributed by atoms with E-state index < -0.39 is 30.1 Å². The minimum atomic E-state index is -0.996. The SMILES string of the molecule is CCN(C(=O)[C@H](NC(=O)OCC1c2ccccc2-c2ccccc21)C(C)C)C1COCC1C(=O)O. The molecule has 2 unspecified atom stereocenters. The number of alkyl carbamates (subject to hydrolysis) is 1. The van der Waals surface area contributed by atoms with Crippen molar-refractivity contribution >= 4 is 18.0 Å². The van der Waals surface area contributed by atoms with E-state index in [0.29, 0.717) is 6.54 Å². The van der Waals surface area contributed by atoms with Gasteiger partial charge in [0.05, 0.1) is 19.3 Å². The van der Waals surface area contributed by atoms with Crippen LogP contribution in [0.1, 0.15) is 37.8 Å². The summed E-state index contributed by atoms with van der Waals surface area (Å²) in [5.74, 6) is -2.42. The summed E-state index contributed by atoms with van der Waals surface area (Å²) < 4.78 is 11.0. The molecule has 1 aliphatic heterocycles. The van der Waals surface area contributed by atoms with Gasteiger partial charge in [-0.3, -0.25) is 9.59 Å². The van der Waals surface area contributed by atoms with Gasteiger partial charge in [-0.25, -0.2) is 4.79 Å². The monoisotopic (exact) mass is 480 g/mol. The van der Waals surface area contributed by atoms with Gasteiger partial charge in [-0.2, -0.15) is 0 Å². The summed E-state index contributed by atoms with van der Waals surface area (Å²) in [7, 11) is 0. The lowest BCUT2D eigenvalue weighted by atomic mass is 9.98. The van der Waals surface area contributed by atoms with Crippen LogP contribution in [0.2, 0.25) is 0 Å². The summed E-state index contributed by atoms with van der Waals surface area (Å²) in [5.41, 5.74) is 4.49. The molecule has 0 bridgehead atoms. The number of carboxylic acid groups (broad SMARTS) is 1. The summed E-state index contributed by atoms with van der Waals surface area (Å²) in [5, 5.41) is 12.2. The first-order valence-corrected chi connectivity index (χ1v) is 12.1.